The van der Waals surface area contributed by atoms with Crippen molar-refractivity contribution in [2.45, 2.75) is 12.5 Å². The first-order valence-electron chi connectivity index (χ1n) is 4.26. The number of thioether (sulfide) groups is 1. The zero-order valence-electron chi connectivity index (χ0n) is 7.51. The van der Waals surface area contributed by atoms with Gasteiger partial charge in [-0.1, -0.05) is 23.7 Å². The van der Waals surface area contributed by atoms with Crippen molar-refractivity contribution in [1.29, 1.82) is 0 Å². The fourth-order valence-electron chi connectivity index (χ4n) is 1.62. The Morgan fingerprint density at radius 1 is 1.46 bits per heavy atom. The zero-order valence-corrected chi connectivity index (χ0v) is 9.08. The average molecular weight is 214 g/mol. The van der Waals surface area contributed by atoms with Crippen LogP contribution < -0.4 is 5.73 Å². The van der Waals surface area contributed by atoms with E-state index >= 15 is 0 Å². The minimum absolute atomic E-state index is 0.125. The van der Waals surface area contributed by atoms with Crippen LogP contribution in [0.4, 0.5) is 0 Å². The Labute approximate surface area is 87.7 Å². The molecule has 0 saturated carbocycles. The van der Waals surface area contributed by atoms with Crippen molar-refractivity contribution < 1.29 is 0 Å². The maximum absolute atomic E-state index is 6.21. The molecule has 0 radical (unpaired) electrons. The van der Waals surface area contributed by atoms with Gasteiger partial charge in [-0.15, -0.1) is 0 Å². The van der Waals surface area contributed by atoms with Crippen LogP contribution in [-0.4, -0.2) is 11.5 Å². The molecule has 0 unspecified atom stereocenters. The van der Waals surface area contributed by atoms with Gasteiger partial charge in [0.05, 0.1) is 5.54 Å². The van der Waals surface area contributed by atoms with E-state index in [-0.39, 0.29) is 5.54 Å². The third-order valence-electron chi connectivity index (χ3n) is 2.52. The van der Waals surface area contributed by atoms with Gasteiger partial charge in [-0.2, -0.15) is 11.8 Å². The van der Waals surface area contributed by atoms with E-state index in [1.165, 1.54) is 5.56 Å². The second kappa shape index (κ2) is 3.19. The number of benzene rings is 1. The Balaban J connectivity index is 2.45. The smallest absolute Gasteiger partial charge is 0.0596 e. The number of nitrogens with two attached hydrogens (primary N) is 1. The molecule has 1 nitrogen and oxygen atoms in total. The fourth-order valence-corrected chi connectivity index (χ4v) is 2.75. The lowest BCUT2D eigenvalue weighted by Crippen LogP contribution is -2.49. The van der Waals surface area contributed by atoms with Crippen molar-refractivity contribution in [1.82, 2.24) is 0 Å². The van der Waals surface area contributed by atoms with E-state index in [1.807, 2.05) is 30.8 Å². The lowest BCUT2D eigenvalue weighted by atomic mass is 9.90. The monoisotopic (exact) mass is 213 g/mol. The molecule has 0 spiro atoms. The molecular weight excluding hydrogens is 202 g/mol. The molecule has 0 aromatic heterocycles. The molecule has 1 fully saturated rings. The van der Waals surface area contributed by atoms with E-state index in [0.29, 0.717) is 0 Å². The highest BCUT2D eigenvalue weighted by Crippen LogP contribution is 2.38. The Hall–Kier alpha value is -0.180. The molecule has 0 amide bonds. The van der Waals surface area contributed by atoms with E-state index in [0.717, 1.165) is 22.1 Å². The average Bonchev–Trinajstić information content (AvgIpc) is 2.06. The van der Waals surface area contributed by atoms with Crippen LogP contribution in [0.1, 0.15) is 11.1 Å². The maximum Gasteiger partial charge on any atom is 0.0596 e. The van der Waals surface area contributed by atoms with Gasteiger partial charge in [0.2, 0.25) is 0 Å². The Bertz CT molecular complexity index is 334. The minimum atomic E-state index is -0.125. The molecule has 1 aliphatic heterocycles. The molecule has 1 aliphatic rings. The van der Waals surface area contributed by atoms with E-state index in [9.17, 15) is 0 Å². The van der Waals surface area contributed by atoms with Crippen molar-refractivity contribution >= 4 is 23.4 Å². The van der Waals surface area contributed by atoms with Gasteiger partial charge in [0.25, 0.3) is 0 Å². The third kappa shape index (κ3) is 1.47. The molecule has 1 aromatic rings. The summed E-state index contributed by atoms with van der Waals surface area (Å²) in [5.74, 6) is 2.02. The second-order valence-corrected chi connectivity index (χ2v) is 4.95. The molecule has 3 heteroatoms. The molecule has 0 bridgehead atoms. The van der Waals surface area contributed by atoms with Crippen LogP contribution in [0.5, 0.6) is 0 Å². The topological polar surface area (TPSA) is 26.0 Å². The summed E-state index contributed by atoms with van der Waals surface area (Å²) in [6.45, 7) is 2.04. The van der Waals surface area contributed by atoms with Gasteiger partial charge in [-0.25, -0.2) is 0 Å². The first kappa shape index (κ1) is 9.38. The SMILES string of the molecule is Cc1c(Cl)cccc1C1(N)CSC1. The lowest BCUT2D eigenvalue weighted by Gasteiger charge is -2.39. The quantitative estimate of drug-likeness (QED) is 0.776. The fraction of sp³-hybridized carbons (Fsp3) is 0.400. The van der Waals surface area contributed by atoms with Crippen molar-refractivity contribution in [2.24, 2.45) is 5.73 Å². The van der Waals surface area contributed by atoms with Crippen LogP contribution in [0.3, 0.4) is 0 Å². The van der Waals surface area contributed by atoms with Crippen molar-refractivity contribution in [3.05, 3.63) is 34.3 Å². The zero-order chi connectivity index (χ0) is 9.47. The molecule has 2 rings (SSSR count). The van der Waals surface area contributed by atoms with Gasteiger partial charge in [0.1, 0.15) is 0 Å². The molecule has 0 atom stereocenters. The second-order valence-electron chi connectivity index (χ2n) is 3.56. The maximum atomic E-state index is 6.21. The molecule has 2 N–H and O–H groups in total. The Kier molecular flexibility index (Phi) is 2.30. The lowest BCUT2D eigenvalue weighted by molar-refractivity contribution is 0.542. The van der Waals surface area contributed by atoms with E-state index < -0.39 is 0 Å². The van der Waals surface area contributed by atoms with Crippen molar-refractivity contribution in [3.8, 4) is 0 Å². The van der Waals surface area contributed by atoms with E-state index in [1.54, 1.807) is 0 Å². The van der Waals surface area contributed by atoms with Crippen molar-refractivity contribution in [3.63, 3.8) is 0 Å². The summed E-state index contributed by atoms with van der Waals surface area (Å²) < 4.78 is 0. The summed E-state index contributed by atoms with van der Waals surface area (Å²) in [6, 6.07) is 5.97. The Morgan fingerprint density at radius 3 is 2.69 bits per heavy atom. The number of rotatable bonds is 1. The highest BCUT2D eigenvalue weighted by Gasteiger charge is 2.36. The summed E-state index contributed by atoms with van der Waals surface area (Å²) in [7, 11) is 0. The summed E-state index contributed by atoms with van der Waals surface area (Å²) in [6.07, 6.45) is 0. The van der Waals surface area contributed by atoms with Crippen LogP contribution in [0, 0.1) is 6.92 Å². The summed E-state index contributed by atoms with van der Waals surface area (Å²) >= 11 is 7.92. The van der Waals surface area contributed by atoms with Crippen molar-refractivity contribution in [2.75, 3.05) is 11.5 Å². The van der Waals surface area contributed by atoms with Gasteiger partial charge in [-0.3, -0.25) is 0 Å². The first-order chi connectivity index (χ1) is 6.13. The largest absolute Gasteiger partial charge is 0.320 e. The normalized spacial score (nSPS) is 19.6. The van der Waals surface area contributed by atoms with Crippen LogP contribution in [0.2, 0.25) is 5.02 Å². The van der Waals surface area contributed by atoms with Gasteiger partial charge >= 0.3 is 0 Å². The van der Waals surface area contributed by atoms with Gasteiger partial charge in [-0.05, 0) is 24.1 Å². The molecule has 1 aromatic carbocycles. The predicted octanol–water partition coefficient (Wildman–Crippen LogP) is 2.55. The van der Waals surface area contributed by atoms with E-state index in [4.69, 9.17) is 17.3 Å². The van der Waals surface area contributed by atoms with Crippen LogP contribution >= 0.6 is 23.4 Å². The molecule has 1 heterocycles. The summed E-state index contributed by atoms with van der Waals surface area (Å²) in [5, 5.41) is 0.819. The molecular formula is C10H12ClNS. The summed E-state index contributed by atoms with van der Waals surface area (Å²) in [5.41, 5.74) is 8.43. The third-order valence-corrected chi connectivity index (χ3v) is 4.37. The van der Waals surface area contributed by atoms with Gasteiger partial charge < -0.3 is 5.73 Å². The molecule has 0 aliphatic carbocycles. The van der Waals surface area contributed by atoms with Gasteiger partial charge in [0.15, 0.2) is 0 Å². The van der Waals surface area contributed by atoms with Crippen LogP contribution in [0.15, 0.2) is 18.2 Å². The van der Waals surface area contributed by atoms with Gasteiger partial charge in [0, 0.05) is 16.5 Å². The number of hydrogen-bond donors (Lipinski definition) is 1. The van der Waals surface area contributed by atoms with E-state index in [2.05, 4.69) is 6.07 Å². The van der Waals surface area contributed by atoms with Crippen LogP contribution in [-0.2, 0) is 5.54 Å². The predicted molar refractivity (Wildman–Crippen MR) is 59.4 cm³/mol. The standard InChI is InChI=1S/C10H12ClNS/c1-7-8(3-2-4-9(7)11)10(12)5-13-6-10/h2-4H,5-6,12H2,1H3. The number of halogens is 1. The molecule has 13 heavy (non-hydrogen) atoms. The molecule has 1 saturated heterocycles. The highest BCUT2D eigenvalue weighted by molar-refractivity contribution is 8.00. The Morgan fingerprint density at radius 2 is 2.15 bits per heavy atom. The first-order valence-corrected chi connectivity index (χ1v) is 5.79. The molecule has 70 valence electrons. The highest BCUT2D eigenvalue weighted by atomic mass is 35.5. The number of hydrogen-bond acceptors (Lipinski definition) is 2. The van der Waals surface area contributed by atoms with Crippen LogP contribution in [0.25, 0.3) is 0 Å². The summed E-state index contributed by atoms with van der Waals surface area (Å²) in [4.78, 5) is 0. The minimum Gasteiger partial charge on any atom is -0.320 e.